The van der Waals surface area contributed by atoms with Gasteiger partial charge in [0, 0.05) is 22.7 Å². The highest BCUT2D eigenvalue weighted by Crippen LogP contribution is 2.43. The first-order chi connectivity index (χ1) is 19.3. The van der Waals surface area contributed by atoms with E-state index in [1.54, 1.807) is 75.2 Å². The Morgan fingerprint density at radius 3 is 2.41 bits per heavy atom. The molecule has 6 nitrogen and oxygen atoms in total. The third-order valence-electron chi connectivity index (χ3n) is 6.81. The van der Waals surface area contributed by atoms with Crippen molar-refractivity contribution in [1.82, 2.24) is 4.90 Å². The number of rotatable bonds is 9. The SMILES string of the molecule is CCN(C)C(CC(=O)OC(C)(C)C)C(=O)N1CCc2cc(OCc3cc(-c4ccccc4)c(C(F)(F)F)s3)ccc21. The molecule has 3 aromatic rings. The van der Waals surface area contributed by atoms with Gasteiger partial charge >= 0.3 is 12.1 Å². The van der Waals surface area contributed by atoms with Gasteiger partial charge in [-0.1, -0.05) is 37.3 Å². The van der Waals surface area contributed by atoms with Gasteiger partial charge in [0.05, 0.1) is 12.5 Å². The van der Waals surface area contributed by atoms with Crippen molar-refractivity contribution in [2.24, 2.45) is 0 Å². The molecule has 1 atom stereocenters. The van der Waals surface area contributed by atoms with E-state index in [0.717, 1.165) is 11.3 Å². The lowest BCUT2D eigenvalue weighted by Crippen LogP contribution is -2.48. The largest absolute Gasteiger partial charge is 0.488 e. The van der Waals surface area contributed by atoms with E-state index in [4.69, 9.17) is 9.47 Å². The molecule has 1 unspecified atom stereocenters. The molecule has 1 amide bonds. The second kappa shape index (κ2) is 12.2. The fourth-order valence-electron chi connectivity index (χ4n) is 4.78. The Morgan fingerprint density at radius 2 is 1.78 bits per heavy atom. The number of alkyl halides is 3. The van der Waals surface area contributed by atoms with Crippen molar-refractivity contribution >= 4 is 28.9 Å². The minimum Gasteiger partial charge on any atom is -0.488 e. The van der Waals surface area contributed by atoms with Gasteiger partial charge in [-0.25, -0.2) is 0 Å². The van der Waals surface area contributed by atoms with Crippen LogP contribution in [0.15, 0.2) is 54.6 Å². The normalized spacial score (nSPS) is 14.2. The molecule has 1 aromatic heterocycles. The molecule has 41 heavy (non-hydrogen) atoms. The van der Waals surface area contributed by atoms with E-state index < -0.39 is 28.7 Å². The minimum atomic E-state index is -4.47. The summed E-state index contributed by atoms with van der Waals surface area (Å²) in [4.78, 5) is 29.5. The number of nitrogens with zero attached hydrogens (tertiary/aromatic N) is 2. The summed E-state index contributed by atoms with van der Waals surface area (Å²) in [6.45, 7) is 8.32. The second-order valence-electron chi connectivity index (χ2n) is 11.0. The quantitative estimate of drug-likeness (QED) is 0.253. The maximum Gasteiger partial charge on any atom is 0.426 e. The van der Waals surface area contributed by atoms with Crippen LogP contribution < -0.4 is 9.64 Å². The molecule has 4 rings (SSSR count). The van der Waals surface area contributed by atoms with E-state index in [0.29, 0.717) is 47.0 Å². The van der Waals surface area contributed by atoms with Gasteiger partial charge in [-0.2, -0.15) is 13.2 Å². The molecule has 0 radical (unpaired) electrons. The van der Waals surface area contributed by atoms with Crippen LogP contribution in [0.2, 0.25) is 0 Å². The topological polar surface area (TPSA) is 59.1 Å². The maximum absolute atomic E-state index is 13.7. The van der Waals surface area contributed by atoms with Crippen molar-refractivity contribution in [2.75, 3.05) is 25.0 Å². The van der Waals surface area contributed by atoms with Gasteiger partial charge in [-0.15, -0.1) is 11.3 Å². The lowest BCUT2D eigenvalue weighted by molar-refractivity contribution is -0.157. The Morgan fingerprint density at radius 1 is 1.07 bits per heavy atom. The molecule has 1 aliphatic heterocycles. The molecular formula is C31H35F3N2O4S. The Balaban J connectivity index is 1.48. The van der Waals surface area contributed by atoms with E-state index in [1.807, 2.05) is 17.9 Å². The third kappa shape index (κ3) is 7.48. The van der Waals surface area contributed by atoms with Crippen molar-refractivity contribution < 1.29 is 32.2 Å². The van der Waals surface area contributed by atoms with Crippen molar-refractivity contribution in [1.29, 1.82) is 0 Å². The van der Waals surface area contributed by atoms with Crippen LogP contribution in [0, 0.1) is 0 Å². The summed E-state index contributed by atoms with van der Waals surface area (Å²) >= 11 is 0.681. The highest BCUT2D eigenvalue weighted by Gasteiger charge is 2.37. The van der Waals surface area contributed by atoms with Crippen LogP contribution in [0.5, 0.6) is 5.75 Å². The standard InChI is InChI=1S/C31H35F3N2O4S/c1-6-35(5)26(18-27(37)40-30(2,3)4)29(38)36-15-14-21-16-22(12-13-25(21)36)39-19-23-17-24(20-10-8-7-9-11-20)28(41-23)31(32,33)34/h7-13,16-17,26H,6,14-15,18-19H2,1-5H3. The van der Waals surface area contributed by atoms with E-state index >= 15 is 0 Å². The number of hydrogen-bond donors (Lipinski definition) is 0. The van der Waals surface area contributed by atoms with Crippen molar-refractivity contribution in [3.8, 4) is 16.9 Å². The summed E-state index contributed by atoms with van der Waals surface area (Å²) < 4.78 is 52.6. The molecule has 0 spiro atoms. The lowest BCUT2D eigenvalue weighted by atomic mass is 10.1. The molecule has 0 saturated carbocycles. The summed E-state index contributed by atoms with van der Waals surface area (Å²) in [6.07, 6.45) is -3.92. The monoisotopic (exact) mass is 588 g/mol. The zero-order chi connectivity index (χ0) is 29.9. The smallest absolute Gasteiger partial charge is 0.426 e. The van der Waals surface area contributed by atoms with Crippen molar-refractivity contribution in [3.05, 3.63) is 69.9 Å². The number of likely N-dealkylation sites (N-methyl/N-ethyl adjacent to an activating group) is 1. The number of esters is 1. The van der Waals surface area contributed by atoms with Crippen LogP contribution >= 0.6 is 11.3 Å². The molecule has 0 bridgehead atoms. The van der Waals surface area contributed by atoms with Gasteiger partial charge in [0.2, 0.25) is 5.91 Å². The molecule has 220 valence electrons. The number of benzene rings is 2. The van der Waals surface area contributed by atoms with Crippen LogP contribution in [0.1, 0.15) is 49.4 Å². The number of fused-ring (bicyclic) bond motifs is 1. The second-order valence-corrected chi connectivity index (χ2v) is 12.2. The first-order valence-electron chi connectivity index (χ1n) is 13.5. The predicted octanol–water partition coefficient (Wildman–Crippen LogP) is 6.95. The van der Waals surface area contributed by atoms with Crippen LogP contribution in [0.25, 0.3) is 11.1 Å². The molecule has 0 N–H and O–H groups in total. The Labute approximate surface area is 242 Å². The molecule has 2 aromatic carbocycles. The number of ether oxygens (including phenoxy) is 2. The summed E-state index contributed by atoms with van der Waals surface area (Å²) in [5, 5.41) is 0. The van der Waals surface area contributed by atoms with E-state index in [-0.39, 0.29) is 24.5 Å². The zero-order valence-electron chi connectivity index (χ0n) is 23.9. The number of amides is 1. The van der Waals surface area contributed by atoms with Crippen LogP contribution in [0.4, 0.5) is 18.9 Å². The Bertz CT molecular complexity index is 1380. The van der Waals surface area contributed by atoms with Gasteiger partial charge in [-0.3, -0.25) is 14.5 Å². The fraction of sp³-hybridized carbons (Fsp3) is 0.419. The number of halogens is 3. The van der Waals surface area contributed by atoms with Gasteiger partial charge < -0.3 is 14.4 Å². The van der Waals surface area contributed by atoms with Gasteiger partial charge in [0.25, 0.3) is 0 Å². The predicted molar refractivity (Wildman–Crippen MR) is 154 cm³/mol. The summed E-state index contributed by atoms with van der Waals surface area (Å²) in [5.41, 5.74) is 1.64. The molecule has 1 aliphatic rings. The molecule has 2 heterocycles. The molecule has 0 saturated heterocycles. The van der Waals surface area contributed by atoms with Crippen LogP contribution in [-0.4, -0.2) is 48.6 Å². The summed E-state index contributed by atoms with van der Waals surface area (Å²) in [7, 11) is 1.80. The lowest BCUT2D eigenvalue weighted by Gasteiger charge is -2.30. The van der Waals surface area contributed by atoms with E-state index in [1.165, 1.54) is 6.07 Å². The zero-order valence-corrected chi connectivity index (χ0v) is 24.7. The number of carbonyl (C=O) groups is 2. The highest BCUT2D eigenvalue weighted by atomic mass is 32.1. The molecular weight excluding hydrogens is 553 g/mol. The van der Waals surface area contributed by atoms with Gasteiger partial charge in [0.1, 0.15) is 22.8 Å². The minimum absolute atomic E-state index is 0.0126. The Hall–Kier alpha value is -3.37. The van der Waals surface area contributed by atoms with Gasteiger partial charge in [0.15, 0.2) is 0 Å². The summed E-state index contributed by atoms with van der Waals surface area (Å²) in [6, 6.07) is 14.7. The number of thiophene rings is 1. The van der Waals surface area contributed by atoms with Crippen LogP contribution in [-0.2, 0) is 33.5 Å². The first kappa shape index (κ1) is 30.6. The van der Waals surface area contributed by atoms with Gasteiger partial charge in [-0.05, 0) is 76.2 Å². The molecule has 10 heteroatoms. The average Bonchev–Trinajstić information content (AvgIpc) is 3.54. The fourth-order valence-corrected chi connectivity index (χ4v) is 5.74. The first-order valence-corrected chi connectivity index (χ1v) is 14.3. The van der Waals surface area contributed by atoms with E-state index in [2.05, 4.69) is 0 Å². The Kier molecular flexibility index (Phi) is 9.13. The highest BCUT2D eigenvalue weighted by molar-refractivity contribution is 7.12. The van der Waals surface area contributed by atoms with Crippen LogP contribution in [0.3, 0.4) is 0 Å². The van der Waals surface area contributed by atoms with E-state index in [9.17, 15) is 22.8 Å². The molecule has 0 fully saturated rings. The molecule has 0 aliphatic carbocycles. The average molecular weight is 589 g/mol. The van der Waals surface area contributed by atoms with Crippen molar-refractivity contribution in [2.45, 2.75) is 65.0 Å². The maximum atomic E-state index is 13.7. The number of carbonyl (C=O) groups excluding carboxylic acids is 2. The van der Waals surface area contributed by atoms with Crippen molar-refractivity contribution in [3.63, 3.8) is 0 Å². The number of hydrogen-bond acceptors (Lipinski definition) is 6. The summed E-state index contributed by atoms with van der Waals surface area (Å²) in [5.74, 6) is -0.103. The third-order valence-corrected chi connectivity index (χ3v) is 7.97. The number of anilines is 1.